The van der Waals surface area contributed by atoms with Crippen molar-refractivity contribution in [2.24, 2.45) is 5.92 Å². The number of urea groups is 1. The summed E-state index contributed by atoms with van der Waals surface area (Å²) in [6.07, 6.45) is 1.87. The second-order valence-corrected chi connectivity index (χ2v) is 5.95. The minimum atomic E-state index is -0.748. The fourth-order valence-electron chi connectivity index (χ4n) is 2.14. The number of rotatable bonds is 2. The molecule has 1 aromatic rings. The molecule has 1 fully saturated rings. The van der Waals surface area contributed by atoms with Gasteiger partial charge in [0.15, 0.2) is 0 Å². The van der Waals surface area contributed by atoms with Gasteiger partial charge in [-0.3, -0.25) is 5.32 Å². The third-order valence-electron chi connectivity index (χ3n) is 3.28. The summed E-state index contributed by atoms with van der Waals surface area (Å²) < 4.78 is 0. The Kier molecular flexibility index (Phi) is 3.82. The molecule has 2 N–H and O–H groups in total. The zero-order valence-electron chi connectivity index (χ0n) is 10.6. The molecule has 1 aromatic heterocycles. The predicted octanol–water partition coefficient (Wildman–Crippen LogP) is 1.55. The van der Waals surface area contributed by atoms with Crippen molar-refractivity contribution in [3.05, 3.63) is 5.51 Å². The van der Waals surface area contributed by atoms with Crippen LogP contribution < -0.4 is 5.32 Å². The van der Waals surface area contributed by atoms with Gasteiger partial charge in [-0.25, -0.2) is 4.79 Å². The summed E-state index contributed by atoms with van der Waals surface area (Å²) in [5.74, 6) is 0.117. The van der Waals surface area contributed by atoms with Gasteiger partial charge in [-0.1, -0.05) is 11.3 Å². The minimum Gasteiger partial charge on any atom is -0.390 e. The van der Waals surface area contributed by atoms with Crippen molar-refractivity contribution in [3.63, 3.8) is 0 Å². The smallest absolute Gasteiger partial charge is 0.323 e. The van der Waals surface area contributed by atoms with E-state index in [1.807, 2.05) is 0 Å². The van der Waals surface area contributed by atoms with Gasteiger partial charge in [0, 0.05) is 19.0 Å². The second-order valence-electron chi connectivity index (χ2n) is 5.11. The fourth-order valence-corrected chi connectivity index (χ4v) is 2.57. The summed E-state index contributed by atoms with van der Waals surface area (Å²) in [7, 11) is 0. The van der Waals surface area contributed by atoms with Crippen LogP contribution in [0.1, 0.15) is 26.7 Å². The maximum Gasteiger partial charge on any atom is 0.323 e. The molecule has 2 amide bonds. The lowest BCUT2D eigenvalue weighted by Gasteiger charge is -2.38. The molecule has 2 rings (SSSR count). The van der Waals surface area contributed by atoms with E-state index < -0.39 is 5.60 Å². The van der Waals surface area contributed by atoms with E-state index in [0.717, 1.165) is 19.4 Å². The highest BCUT2D eigenvalue weighted by atomic mass is 32.1. The van der Waals surface area contributed by atoms with Crippen LogP contribution in [-0.4, -0.2) is 44.9 Å². The van der Waals surface area contributed by atoms with Gasteiger partial charge < -0.3 is 10.0 Å². The summed E-state index contributed by atoms with van der Waals surface area (Å²) in [6.45, 7) is 4.89. The quantitative estimate of drug-likeness (QED) is 0.854. The molecule has 1 saturated heterocycles. The van der Waals surface area contributed by atoms with Crippen LogP contribution in [0.3, 0.4) is 0 Å². The first-order valence-electron chi connectivity index (χ1n) is 6.01. The fraction of sp³-hybridized carbons (Fsp3) is 0.727. The first kappa shape index (κ1) is 13.2. The number of nitrogens with one attached hydrogen (secondary N) is 1. The number of aromatic nitrogens is 2. The van der Waals surface area contributed by atoms with Crippen molar-refractivity contribution >= 4 is 22.5 Å². The largest absolute Gasteiger partial charge is 0.390 e. The molecule has 0 radical (unpaired) electrons. The number of hydrogen-bond donors (Lipinski definition) is 2. The maximum absolute atomic E-state index is 12.0. The first-order valence-corrected chi connectivity index (χ1v) is 6.89. The Bertz CT molecular complexity index is 402. The number of nitrogens with zero attached hydrogens (tertiary/aromatic N) is 3. The van der Waals surface area contributed by atoms with Crippen molar-refractivity contribution < 1.29 is 9.90 Å². The molecule has 1 atom stereocenters. The van der Waals surface area contributed by atoms with Crippen LogP contribution in [0.25, 0.3) is 0 Å². The van der Waals surface area contributed by atoms with Gasteiger partial charge in [-0.15, -0.1) is 10.2 Å². The average Bonchev–Trinajstić information content (AvgIpc) is 2.81. The zero-order chi connectivity index (χ0) is 13.2. The normalized spacial score (nSPS) is 20.8. The predicted molar refractivity (Wildman–Crippen MR) is 69.5 cm³/mol. The SMILES string of the molecule is CC(C)(O)C1CCCN(C(=O)Nc2nncs2)C1. The average molecular weight is 270 g/mol. The molecule has 0 saturated carbocycles. The van der Waals surface area contributed by atoms with Gasteiger partial charge in [0.1, 0.15) is 5.51 Å². The Labute approximate surface area is 110 Å². The molecule has 0 spiro atoms. The highest BCUT2D eigenvalue weighted by Gasteiger charge is 2.33. The Morgan fingerprint density at radius 3 is 3.06 bits per heavy atom. The monoisotopic (exact) mass is 270 g/mol. The maximum atomic E-state index is 12.0. The Morgan fingerprint density at radius 2 is 2.44 bits per heavy atom. The molecule has 1 unspecified atom stereocenters. The van der Waals surface area contributed by atoms with E-state index >= 15 is 0 Å². The molecule has 1 aliphatic heterocycles. The molecule has 0 aliphatic carbocycles. The number of amides is 2. The highest BCUT2D eigenvalue weighted by Crippen LogP contribution is 2.27. The molecule has 1 aliphatic rings. The third kappa shape index (κ3) is 3.17. The van der Waals surface area contributed by atoms with Gasteiger partial charge in [0.2, 0.25) is 5.13 Å². The van der Waals surface area contributed by atoms with E-state index in [-0.39, 0.29) is 11.9 Å². The molecular weight excluding hydrogens is 252 g/mol. The van der Waals surface area contributed by atoms with Crippen LogP contribution in [0.5, 0.6) is 0 Å². The second kappa shape index (κ2) is 5.19. The van der Waals surface area contributed by atoms with Crippen LogP contribution in [-0.2, 0) is 0 Å². The number of aliphatic hydroxyl groups is 1. The third-order valence-corrected chi connectivity index (χ3v) is 3.89. The number of carbonyl (C=O) groups is 1. The van der Waals surface area contributed by atoms with E-state index in [0.29, 0.717) is 11.7 Å². The molecule has 7 heteroatoms. The highest BCUT2D eigenvalue weighted by molar-refractivity contribution is 7.13. The van der Waals surface area contributed by atoms with Gasteiger partial charge in [-0.2, -0.15) is 0 Å². The number of hydrogen-bond acceptors (Lipinski definition) is 5. The summed E-state index contributed by atoms with van der Waals surface area (Å²) in [5, 5.41) is 20.7. The zero-order valence-corrected chi connectivity index (χ0v) is 11.4. The van der Waals surface area contributed by atoms with Gasteiger partial charge in [-0.05, 0) is 26.7 Å². The number of piperidine rings is 1. The van der Waals surface area contributed by atoms with Crippen LogP contribution in [0.15, 0.2) is 5.51 Å². The molecule has 6 nitrogen and oxygen atoms in total. The van der Waals surface area contributed by atoms with Crippen LogP contribution in [0.4, 0.5) is 9.93 Å². The van der Waals surface area contributed by atoms with Crippen molar-refractivity contribution in [1.82, 2.24) is 15.1 Å². The van der Waals surface area contributed by atoms with Gasteiger partial charge in [0.25, 0.3) is 0 Å². The van der Waals surface area contributed by atoms with Crippen LogP contribution in [0.2, 0.25) is 0 Å². The van der Waals surface area contributed by atoms with Gasteiger partial charge in [0.05, 0.1) is 5.60 Å². The summed E-state index contributed by atoms with van der Waals surface area (Å²) in [4.78, 5) is 13.7. The van der Waals surface area contributed by atoms with E-state index in [1.165, 1.54) is 11.3 Å². The minimum absolute atomic E-state index is 0.117. The molecule has 0 bridgehead atoms. The molecule has 100 valence electrons. The summed E-state index contributed by atoms with van der Waals surface area (Å²) in [6, 6.07) is -0.166. The van der Waals surface area contributed by atoms with Crippen molar-refractivity contribution in [2.75, 3.05) is 18.4 Å². The Balaban J connectivity index is 1.94. The molecule has 18 heavy (non-hydrogen) atoms. The Morgan fingerprint density at radius 1 is 1.67 bits per heavy atom. The number of likely N-dealkylation sites (tertiary alicyclic amines) is 1. The van der Waals surface area contributed by atoms with E-state index in [9.17, 15) is 9.90 Å². The Hall–Kier alpha value is -1.21. The standard InChI is InChI=1S/C11H18N4O2S/c1-11(2,17)8-4-3-5-15(6-8)10(16)13-9-14-12-7-18-9/h7-8,17H,3-6H2,1-2H3,(H,13,14,16). The molecule has 0 aromatic carbocycles. The van der Waals surface area contributed by atoms with Crippen molar-refractivity contribution in [1.29, 1.82) is 0 Å². The molecule has 2 heterocycles. The van der Waals surface area contributed by atoms with Crippen LogP contribution in [0, 0.1) is 5.92 Å². The number of carbonyl (C=O) groups excluding carboxylic acids is 1. The van der Waals surface area contributed by atoms with Crippen LogP contribution >= 0.6 is 11.3 Å². The van der Waals surface area contributed by atoms with E-state index in [2.05, 4.69) is 15.5 Å². The van der Waals surface area contributed by atoms with E-state index in [4.69, 9.17) is 0 Å². The summed E-state index contributed by atoms with van der Waals surface area (Å²) in [5.41, 5.74) is 0.827. The lowest BCUT2D eigenvalue weighted by atomic mass is 9.84. The number of anilines is 1. The first-order chi connectivity index (χ1) is 8.47. The lowest BCUT2D eigenvalue weighted by Crippen LogP contribution is -2.48. The van der Waals surface area contributed by atoms with Crippen molar-refractivity contribution in [3.8, 4) is 0 Å². The van der Waals surface area contributed by atoms with E-state index in [1.54, 1.807) is 24.3 Å². The van der Waals surface area contributed by atoms with Crippen molar-refractivity contribution in [2.45, 2.75) is 32.3 Å². The van der Waals surface area contributed by atoms with Gasteiger partial charge >= 0.3 is 6.03 Å². The lowest BCUT2D eigenvalue weighted by molar-refractivity contribution is -0.00973. The molecular formula is C11H18N4O2S. The summed E-state index contributed by atoms with van der Waals surface area (Å²) >= 11 is 1.29. The topological polar surface area (TPSA) is 78.4 Å².